The zero-order valence-electron chi connectivity index (χ0n) is 13.4. The molecule has 126 valence electrons. The molecule has 0 unspecified atom stereocenters. The van der Waals surface area contributed by atoms with E-state index in [1.807, 2.05) is 0 Å². The van der Waals surface area contributed by atoms with Crippen LogP contribution in [0.25, 0.3) is 0 Å². The van der Waals surface area contributed by atoms with Gasteiger partial charge in [-0.25, -0.2) is 4.79 Å². The van der Waals surface area contributed by atoms with Gasteiger partial charge in [-0.15, -0.1) is 0 Å². The van der Waals surface area contributed by atoms with E-state index >= 15 is 0 Å². The van der Waals surface area contributed by atoms with Crippen molar-refractivity contribution in [2.45, 2.75) is 24.9 Å². The van der Waals surface area contributed by atoms with Crippen LogP contribution in [0.1, 0.15) is 24.0 Å². The third-order valence-electron chi connectivity index (χ3n) is 4.84. The van der Waals surface area contributed by atoms with Gasteiger partial charge in [-0.3, -0.25) is 9.69 Å². The van der Waals surface area contributed by atoms with Gasteiger partial charge in [0.15, 0.2) is 0 Å². The summed E-state index contributed by atoms with van der Waals surface area (Å²) in [5.41, 5.74) is 0.292. The molecule has 0 bridgehead atoms. The molecule has 0 radical (unpaired) electrons. The SMILES string of the molecule is N#Cc1ccccc1CN1C(=O)NC2(CCN(CCO)CC2)C1=O. The predicted molar refractivity (Wildman–Crippen MR) is 85.7 cm³/mol. The van der Waals surface area contributed by atoms with Crippen molar-refractivity contribution < 1.29 is 14.7 Å². The Labute approximate surface area is 140 Å². The average Bonchev–Trinajstić information content (AvgIpc) is 2.82. The van der Waals surface area contributed by atoms with Crippen LogP contribution in [-0.2, 0) is 11.3 Å². The number of nitrogens with zero attached hydrogens (tertiary/aromatic N) is 3. The Balaban J connectivity index is 1.74. The molecule has 2 saturated heterocycles. The molecule has 1 aromatic carbocycles. The number of nitrogens with one attached hydrogen (secondary N) is 1. The van der Waals surface area contributed by atoms with E-state index in [0.717, 1.165) is 0 Å². The smallest absolute Gasteiger partial charge is 0.325 e. The second-order valence-electron chi connectivity index (χ2n) is 6.24. The Morgan fingerprint density at radius 3 is 2.62 bits per heavy atom. The lowest BCUT2D eigenvalue weighted by Crippen LogP contribution is -2.55. The van der Waals surface area contributed by atoms with Gasteiger partial charge >= 0.3 is 6.03 Å². The number of rotatable bonds is 4. The Hall–Kier alpha value is -2.43. The summed E-state index contributed by atoms with van der Waals surface area (Å²) in [6.45, 7) is 2.10. The molecule has 2 aliphatic heterocycles. The molecular weight excluding hydrogens is 308 g/mol. The molecule has 3 amide bonds. The number of carbonyl (C=O) groups excluding carboxylic acids is 2. The standard InChI is InChI=1S/C17H20N4O3/c18-11-13-3-1-2-4-14(13)12-21-15(23)17(19-16(21)24)5-7-20(8-6-17)9-10-22/h1-4,22H,5-10,12H2,(H,19,24). The number of urea groups is 1. The summed E-state index contributed by atoms with van der Waals surface area (Å²) in [6, 6.07) is 8.67. The zero-order valence-corrected chi connectivity index (χ0v) is 13.4. The maximum Gasteiger partial charge on any atom is 0.325 e. The van der Waals surface area contributed by atoms with Gasteiger partial charge in [-0.05, 0) is 24.5 Å². The number of benzene rings is 1. The Kier molecular flexibility index (Phi) is 4.51. The topological polar surface area (TPSA) is 96.7 Å². The summed E-state index contributed by atoms with van der Waals surface area (Å²) in [5, 5.41) is 21.0. The summed E-state index contributed by atoms with van der Waals surface area (Å²) in [6.07, 6.45) is 1.07. The van der Waals surface area contributed by atoms with Gasteiger partial charge in [-0.1, -0.05) is 18.2 Å². The molecule has 1 aromatic rings. The number of aliphatic hydroxyl groups excluding tert-OH is 1. The monoisotopic (exact) mass is 328 g/mol. The van der Waals surface area contributed by atoms with Gasteiger partial charge in [0.1, 0.15) is 5.54 Å². The first kappa shape index (κ1) is 16.4. The van der Waals surface area contributed by atoms with Crippen LogP contribution in [0.2, 0.25) is 0 Å². The van der Waals surface area contributed by atoms with E-state index in [1.54, 1.807) is 24.3 Å². The van der Waals surface area contributed by atoms with E-state index < -0.39 is 11.6 Å². The zero-order chi connectivity index (χ0) is 17.2. The first-order chi connectivity index (χ1) is 11.6. The number of β-amino-alcohol motifs (C(OH)–C–C–N with tert-alkyl or cyclic N) is 1. The molecule has 24 heavy (non-hydrogen) atoms. The van der Waals surface area contributed by atoms with Crippen LogP contribution in [0.4, 0.5) is 4.79 Å². The van der Waals surface area contributed by atoms with Crippen molar-refractivity contribution in [2.75, 3.05) is 26.2 Å². The van der Waals surface area contributed by atoms with Crippen molar-refractivity contribution in [3.05, 3.63) is 35.4 Å². The van der Waals surface area contributed by atoms with Crippen LogP contribution in [0.15, 0.2) is 24.3 Å². The predicted octanol–water partition coefficient (Wildman–Crippen LogP) is 0.437. The van der Waals surface area contributed by atoms with Gasteiger partial charge in [0, 0.05) is 19.6 Å². The van der Waals surface area contributed by atoms with Crippen molar-refractivity contribution in [1.29, 1.82) is 5.26 Å². The molecule has 7 heteroatoms. The molecule has 0 aromatic heterocycles. The minimum absolute atomic E-state index is 0.0877. The van der Waals surface area contributed by atoms with E-state index in [2.05, 4.69) is 16.3 Å². The number of amides is 3. The molecule has 3 rings (SSSR count). The number of hydrogen-bond donors (Lipinski definition) is 2. The minimum atomic E-state index is -0.843. The molecule has 0 atom stereocenters. The summed E-state index contributed by atoms with van der Waals surface area (Å²) in [5.74, 6) is -0.219. The Morgan fingerprint density at radius 1 is 1.25 bits per heavy atom. The largest absolute Gasteiger partial charge is 0.395 e. The van der Waals surface area contributed by atoms with E-state index in [4.69, 9.17) is 10.4 Å². The normalized spacial score (nSPS) is 20.2. The van der Waals surface area contributed by atoms with Crippen LogP contribution in [0.5, 0.6) is 0 Å². The quantitative estimate of drug-likeness (QED) is 0.782. The van der Waals surface area contributed by atoms with Gasteiger partial charge in [0.25, 0.3) is 5.91 Å². The fourth-order valence-electron chi connectivity index (χ4n) is 3.40. The summed E-state index contributed by atoms with van der Waals surface area (Å²) in [7, 11) is 0. The van der Waals surface area contributed by atoms with Gasteiger partial charge in [0.05, 0.1) is 24.8 Å². The summed E-state index contributed by atoms with van der Waals surface area (Å²) < 4.78 is 0. The lowest BCUT2D eigenvalue weighted by molar-refractivity contribution is -0.133. The molecule has 2 N–H and O–H groups in total. The number of nitriles is 1. The van der Waals surface area contributed by atoms with Crippen LogP contribution in [0.3, 0.4) is 0 Å². The maximum atomic E-state index is 12.9. The summed E-state index contributed by atoms with van der Waals surface area (Å²) in [4.78, 5) is 28.5. The molecule has 0 saturated carbocycles. The highest BCUT2D eigenvalue weighted by molar-refractivity contribution is 6.07. The fourth-order valence-corrected chi connectivity index (χ4v) is 3.40. The number of carbonyl (C=O) groups is 2. The first-order valence-electron chi connectivity index (χ1n) is 8.05. The number of aliphatic hydroxyl groups is 1. The van der Waals surface area contributed by atoms with Crippen molar-refractivity contribution in [3.63, 3.8) is 0 Å². The van der Waals surface area contributed by atoms with Crippen molar-refractivity contribution in [1.82, 2.24) is 15.1 Å². The number of hydrogen-bond acceptors (Lipinski definition) is 5. The van der Waals surface area contributed by atoms with E-state index in [1.165, 1.54) is 4.90 Å². The number of piperidine rings is 1. The highest BCUT2D eigenvalue weighted by Gasteiger charge is 2.52. The summed E-state index contributed by atoms with van der Waals surface area (Å²) >= 11 is 0. The van der Waals surface area contributed by atoms with E-state index in [0.29, 0.717) is 43.6 Å². The lowest BCUT2D eigenvalue weighted by Gasteiger charge is -2.37. The number of likely N-dealkylation sites (tertiary alicyclic amines) is 1. The third-order valence-corrected chi connectivity index (χ3v) is 4.84. The van der Waals surface area contributed by atoms with Crippen LogP contribution >= 0.6 is 0 Å². The lowest BCUT2D eigenvalue weighted by atomic mass is 9.87. The molecule has 7 nitrogen and oxygen atoms in total. The van der Waals surface area contributed by atoms with Gasteiger partial charge in [-0.2, -0.15) is 5.26 Å². The highest BCUT2D eigenvalue weighted by atomic mass is 16.3. The van der Waals surface area contributed by atoms with Crippen LogP contribution in [-0.4, -0.2) is 58.6 Å². The second kappa shape index (κ2) is 6.59. The Morgan fingerprint density at radius 2 is 1.96 bits per heavy atom. The van der Waals surface area contributed by atoms with E-state index in [-0.39, 0.29) is 19.1 Å². The molecule has 2 aliphatic rings. The van der Waals surface area contributed by atoms with E-state index in [9.17, 15) is 9.59 Å². The molecule has 2 heterocycles. The molecule has 0 aliphatic carbocycles. The van der Waals surface area contributed by atoms with Crippen LogP contribution in [0, 0.1) is 11.3 Å². The molecule has 2 fully saturated rings. The van der Waals surface area contributed by atoms with Crippen molar-refractivity contribution in [2.24, 2.45) is 0 Å². The van der Waals surface area contributed by atoms with Crippen LogP contribution < -0.4 is 5.32 Å². The first-order valence-corrected chi connectivity index (χ1v) is 8.05. The van der Waals surface area contributed by atoms with Crippen molar-refractivity contribution >= 4 is 11.9 Å². The molecular formula is C17H20N4O3. The Bertz CT molecular complexity index is 689. The third kappa shape index (κ3) is 2.86. The minimum Gasteiger partial charge on any atom is -0.395 e. The highest BCUT2D eigenvalue weighted by Crippen LogP contribution is 2.30. The maximum absolute atomic E-state index is 12.9. The average molecular weight is 328 g/mol. The fraction of sp³-hybridized carbons (Fsp3) is 0.471. The number of imide groups is 1. The second-order valence-corrected chi connectivity index (χ2v) is 6.24. The van der Waals surface area contributed by atoms with Gasteiger partial charge < -0.3 is 15.3 Å². The van der Waals surface area contributed by atoms with Gasteiger partial charge in [0.2, 0.25) is 0 Å². The van der Waals surface area contributed by atoms with Crippen molar-refractivity contribution in [3.8, 4) is 6.07 Å². The molecule has 1 spiro atoms.